The number of aryl methyl sites for hydroxylation is 1. The first-order valence-corrected chi connectivity index (χ1v) is 7.92. The van der Waals surface area contributed by atoms with Gasteiger partial charge in [0.25, 0.3) is 0 Å². The minimum absolute atomic E-state index is 0.489. The molecule has 2 heteroatoms. The Bertz CT molecular complexity index is 345. The van der Waals surface area contributed by atoms with Crippen molar-refractivity contribution in [2.45, 2.75) is 65.8 Å². The van der Waals surface area contributed by atoms with Crippen LogP contribution in [0.4, 0.5) is 0 Å². The molecule has 1 aromatic rings. The van der Waals surface area contributed by atoms with E-state index in [-0.39, 0.29) is 0 Å². The number of nitrogens with one attached hydrogen (secondary N) is 1. The Labute approximate surface area is 119 Å². The molecule has 0 aliphatic carbocycles. The van der Waals surface area contributed by atoms with Gasteiger partial charge in [-0.3, -0.25) is 4.98 Å². The minimum atomic E-state index is 0.489. The van der Waals surface area contributed by atoms with Crippen molar-refractivity contribution in [2.75, 3.05) is 6.54 Å². The van der Waals surface area contributed by atoms with Crippen molar-refractivity contribution in [1.29, 1.82) is 0 Å². The third-order valence-corrected chi connectivity index (χ3v) is 4.06. The lowest BCUT2D eigenvalue weighted by molar-refractivity contribution is 0.370. The predicted octanol–water partition coefficient (Wildman–Crippen LogP) is 4.51. The molecule has 0 aliphatic heterocycles. The first-order valence-electron chi connectivity index (χ1n) is 7.92. The van der Waals surface area contributed by atoms with Crippen LogP contribution < -0.4 is 5.32 Å². The van der Waals surface area contributed by atoms with Gasteiger partial charge in [0.05, 0.1) is 0 Å². The summed E-state index contributed by atoms with van der Waals surface area (Å²) in [5.74, 6) is 0.812. The molecule has 108 valence electrons. The van der Waals surface area contributed by atoms with Crippen molar-refractivity contribution in [1.82, 2.24) is 10.3 Å². The summed E-state index contributed by atoms with van der Waals surface area (Å²) in [6.45, 7) is 10.1. The summed E-state index contributed by atoms with van der Waals surface area (Å²) in [6.07, 6.45) is 10.00. The van der Waals surface area contributed by atoms with Gasteiger partial charge in [-0.1, -0.05) is 40.5 Å². The second kappa shape index (κ2) is 9.08. The zero-order chi connectivity index (χ0) is 14.1. The Kier molecular flexibility index (Phi) is 7.73. The molecule has 0 fully saturated rings. The van der Waals surface area contributed by atoms with E-state index in [0.717, 1.165) is 18.9 Å². The molecule has 0 spiro atoms. The van der Waals surface area contributed by atoms with E-state index in [9.17, 15) is 0 Å². The molecular weight excluding hydrogens is 232 g/mol. The predicted molar refractivity (Wildman–Crippen MR) is 83.3 cm³/mol. The minimum Gasteiger partial charge on any atom is -0.310 e. The summed E-state index contributed by atoms with van der Waals surface area (Å²) in [5.41, 5.74) is 2.85. The highest BCUT2D eigenvalue weighted by Crippen LogP contribution is 2.27. The molecule has 19 heavy (non-hydrogen) atoms. The number of hydrogen-bond acceptors (Lipinski definition) is 2. The first kappa shape index (κ1) is 16.2. The van der Waals surface area contributed by atoms with Crippen LogP contribution in [0.3, 0.4) is 0 Å². The van der Waals surface area contributed by atoms with E-state index < -0.39 is 0 Å². The van der Waals surface area contributed by atoms with E-state index in [1.165, 1.54) is 36.8 Å². The van der Waals surface area contributed by atoms with Crippen LogP contribution in [0.2, 0.25) is 0 Å². The Morgan fingerprint density at radius 3 is 2.47 bits per heavy atom. The van der Waals surface area contributed by atoms with Gasteiger partial charge in [-0.25, -0.2) is 0 Å². The van der Waals surface area contributed by atoms with E-state index in [0.29, 0.717) is 6.04 Å². The Morgan fingerprint density at radius 2 is 1.89 bits per heavy atom. The average Bonchev–Trinajstić information content (AvgIpc) is 2.47. The molecule has 0 radical (unpaired) electrons. The van der Waals surface area contributed by atoms with Gasteiger partial charge in [-0.05, 0) is 48.9 Å². The zero-order valence-corrected chi connectivity index (χ0v) is 13.1. The monoisotopic (exact) mass is 262 g/mol. The molecule has 0 saturated carbocycles. The van der Waals surface area contributed by atoms with Crippen LogP contribution in [-0.2, 0) is 6.42 Å². The number of pyridine rings is 1. The zero-order valence-electron chi connectivity index (χ0n) is 13.1. The van der Waals surface area contributed by atoms with Crippen LogP contribution >= 0.6 is 0 Å². The van der Waals surface area contributed by atoms with E-state index in [2.05, 4.69) is 44.1 Å². The third-order valence-electron chi connectivity index (χ3n) is 4.06. The number of rotatable bonds is 9. The molecule has 1 rings (SSSR count). The summed E-state index contributed by atoms with van der Waals surface area (Å²) >= 11 is 0. The molecule has 1 aromatic heterocycles. The molecule has 1 N–H and O–H groups in total. The van der Waals surface area contributed by atoms with E-state index >= 15 is 0 Å². The summed E-state index contributed by atoms with van der Waals surface area (Å²) in [5, 5.41) is 3.73. The lowest BCUT2D eigenvalue weighted by Crippen LogP contribution is -2.25. The molecule has 1 atom stereocenters. The second-order valence-corrected chi connectivity index (χ2v) is 5.35. The third kappa shape index (κ3) is 4.94. The van der Waals surface area contributed by atoms with Crippen LogP contribution in [0.5, 0.6) is 0 Å². The Hall–Kier alpha value is -0.890. The van der Waals surface area contributed by atoms with Gasteiger partial charge < -0.3 is 5.32 Å². The number of aromatic nitrogens is 1. The molecule has 0 amide bonds. The largest absolute Gasteiger partial charge is 0.310 e. The summed E-state index contributed by atoms with van der Waals surface area (Å²) < 4.78 is 0. The van der Waals surface area contributed by atoms with Gasteiger partial charge in [-0.15, -0.1) is 0 Å². The first-order chi connectivity index (χ1) is 9.26. The summed E-state index contributed by atoms with van der Waals surface area (Å²) in [4.78, 5) is 4.27. The van der Waals surface area contributed by atoms with E-state index in [1.807, 2.05) is 12.4 Å². The molecule has 0 saturated heterocycles. The van der Waals surface area contributed by atoms with Crippen LogP contribution in [0.15, 0.2) is 18.5 Å². The maximum atomic E-state index is 4.27. The van der Waals surface area contributed by atoms with Crippen molar-refractivity contribution in [3.8, 4) is 0 Å². The van der Waals surface area contributed by atoms with Gasteiger partial charge in [0.15, 0.2) is 0 Å². The fraction of sp³-hybridized carbons (Fsp3) is 0.706. The smallest absolute Gasteiger partial charge is 0.0326 e. The fourth-order valence-electron chi connectivity index (χ4n) is 2.67. The highest BCUT2D eigenvalue weighted by molar-refractivity contribution is 5.26. The second-order valence-electron chi connectivity index (χ2n) is 5.35. The van der Waals surface area contributed by atoms with Crippen LogP contribution in [0, 0.1) is 5.92 Å². The summed E-state index contributed by atoms with van der Waals surface area (Å²) in [7, 11) is 0. The molecule has 0 aromatic carbocycles. The standard InChI is InChI=1S/C17H30N2/c1-5-10-19-17(12-14(6-2)7-3)16-9-11-18-13-15(16)8-4/h9,11,13-14,17,19H,5-8,10,12H2,1-4H3. The molecule has 2 nitrogen and oxygen atoms in total. The van der Waals surface area contributed by atoms with E-state index in [1.54, 1.807) is 0 Å². The van der Waals surface area contributed by atoms with Gasteiger partial charge >= 0.3 is 0 Å². The Balaban J connectivity index is 2.88. The lowest BCUT2D eigenvalue weighted by Gasteiger charge is -2.25. The van der Waals surface area contributed by atoms with Crippen molar-refractivity contribution >= 4 is 0 Å². The molecule has 1 unspecified atom stereocenters. The number of hydrogen-bond donors (Lipinski definition) is 1. The van der Waals surface area contributed by atoms with Crippen molar-refractivity contribution in [3.05, 3.63) is 29.6 Å². The summed E-state index contributed by atoms with van der Waals surface area (Å²) in [6, 6.07) is 2.69. The molecular formula is C17H30N2. The van der Waals surface area contributed by atoms with Gasteiger partial charge in [0.2, 0.25) is 0 Å². The van der Waals surface area contributed by atoms with Crippen LogP contribution in [0.25, 0.3) is 0 Å². The maximum Gasteiger partial charge on any atom is 0.0326 e. The SMILES string of the molecule is CCCNC(CC(CC)CC)c1ccncc1CC. The number of nitrogens with zero attached hydrogens (tertiary/aromatic N) is 1. The Morgan fingerprint density at radius 1 is 1.16 bits per heavy atom. The van der Waals surface area contributed by atoms with Crippen LogP contribution in [0.1, 0.15) is 70.5 Å². The lowest BCUT2D eigenvalue weighted by atomic mass is 9.89. The van der Waals surface area contributed by atoms with Crippen molar-refractivity contribution in [3.63, 3.8) is 0 Å². The average molecular weight is 262 g/mol. The quantitative estimate of drug-likeness (QED) is 0.708. The van der Waals surface area contributed by atoms with E-state index in [4.69, 9.17) is 0 Å². The highest BCUT2D eigenvalue weighted by Gasteiger charge is 2.17. The van der Waals surface area contributed by atoms with Gasteiger partial charge in [0.1, 0.15) is 0 Å². The van der Waals surface area contributed by atoms with Crippen molar-refractivity contribution < 1.29 is 0 Å². The molecule has 1 heterocycles. The topological polar surface area (TPSA) is 24.9 Å². The van der Waals surface area contributed by atoms with Crippen LogP contribution in [-0.4, -0.2) is 11.5 Å². The van der Waals surface area contributed by atoms with Gasteiger partial charge in [0, 0.05) is 18.4 Å². The van der Waals surface area contributed by atoms with Gasteiger partial charge in [-0.2, -0.15) is 0 Å². The molecule has 0 bridgehead atoms. The normalized spacial score (nSPS) is 12.9. The maximum absolute atomic E-state index is 4.27. The van der Waals surface area contributed by atoms with Crippen molar-refractivity contribution in [2.24, 2.45) is 5.92 Å². The molecule has 0 aliphatic rings. The fourth-order valence-corrected chi connectivity index (χ4v) is 2.67. The highest BCUT2D eigenvalue weighted by atomic mass is 14.9.